The molecule has 1 atom stereocenters. The van der Waals surface area contributed by atoms with Gasteiger partial charge in [-0.05, 0) is 42.3 Å². The number of halogens is 3. The third-order valence-electron chi connectivity index (χ3n) is 4.95. The minimum atomic E-state index is -4.51. The summed E-state index contributed by atoms with van der Waals surface area (Å²) in [6, 6.07) is 10.2. The summed E-state index contributed by atoms with van der Waals surface area (Å²) in [6.07, 6.45) is -4.51. The van der Waals surface area contributed by atoms with E-state index in [1.54, 1.807) is 45.0 Å². The predicted octanol–water partition coefficient (Wildman–Crippen LogP) is 5.14. The average Bonchev–Trinajstić information content (AvgIpc) is 2.92. The van der Waals surface area contributed by atoms with Gasteiger partial charge in [-0.2, -0.15) is 13.2 Å². The molecule has 0 aliphatic carbocycles. The molecular formula is C22H20F3NO3. The summed E-state index contributed by atoms with van der Waals surface area (Å²) in [5.41, 5.74) is 0.671. The number of aryl methyl sites for hydroxylation is 1. The van der Waals surface area contributed by atoms with Gasteiger partial charge in [0.25, 0.3) is 5.91 Å². The Hall–Kier alpha value is -3.09. The summed E-state index contributed by atoms with van der Waals surface area (Å²) < 4.78 is 38.7. The highest BCUT2D eigenvalue weighted by molar-refractivity contribution is 6.16. The number of amides is 1. The van der Waals surface area contributed by atoms with Crippen LogP contribution in [-0.2, 0) is 15.8 Å². The van der Waals surface area contributed by atoms with Gasteiger partial charge in [0.2, 0.25) is 0 Å². The van der Waals surface area contributed by atoms with Crippen LogP contribution in [0.3, 0.4) is 0 Å². The number of benzene rings is 2. The first-order valence-electron chi connectivity index (χ1n) is 9.07. The molecule has 152 valence electrons. The van der Waals surface area contributed by atoms with Gasteiger partial charge in [0, 0.05) is 11.6 Å². The SMILES string of the molecule is Cc1ccccc1C1C(C(=O)C(C)C)=C(O)C(=O)N1c1ccc(C(F)(F)F)cc1. The molecule has 0 saturated heterocycles. The summed E-state index contributed by atoms with van der Waals surface area (Å²) in [4.78, 5) is 26.9. The second-order valence-electron chi connectivity index (χ2n) is 7.26. The zero-order valence-corrected chi connectivity index (χ0v) is 16.1. The molecule has 7 heteroatoms. The Balaban J connectivity index is 2.17. The van der Waals surface area contributed by atoms with E-state index < -0.39 is 41.1 Å². The van der Waals surface area contributed by atoms with E-state index >= 15 is 0 Å². The number of rotatable bonds is 4. The van der Waals surface area contributed by atoms with Crippen LogP contribution in [0.5, 0.6) is 0 Å². The van der Waals surface area contributed by atoms with Gasteiger partial charge in [0.1, 0.15) is 0 Å². The average molecular weight is 403 g/mol. The van der Waals surface area contributed by atoms with Crippen molar-refractivity contribution >= 4 is 17.4 Å². The Morgan fingerprint density at radius 2 is 1.66 bits per heavy atom. The molecule has 1 unspecified atom stereocenters. The fourth-order valence-corrected chi connectivity index (χ4v) is 3.43. The van der Waals surface area contributed by atoms with E-state index in [1.807, 2.05) is 0 Å². The molecule has 0 bridgehead atoms. The van der Waals surface area contributed by atoms with E-state index in [-0.39, 0.29) is 11.3 Å². The van der Waals surface area contributed by atoms with Crippen LogP contribution >= 0.6 is 0 Å². The van der Waals surface area contributed by atoms with Crippen LogP contribution in [0.1, 0.15) is 36.6 Å². The first kappa shape index (κ1) is 20.6. The topological polar surface area (TPSA) is 57.6 Å². The molecule has 3 rings (SSSR count). The minimum Gasteiger partial charge on any atom is -0.503 e. The van der Waals surface area contributed by atoms with Crippen LogP contribution in [0, 0.1) is 12.8 Å². The van der Waals surface area contributed by atoms with Crippen LogP contribution in [-0.4, -0.2) is 16.8 Å². The van der Waals surface area contributed by atoms with E-state index in [0.29, 0.717) is 5.56 Å². The highest BCUT2D eigenvalue weighted by Crippen LogP contribution is 2.43. The van der Waals surface area contributed by atoms with E-state index in [4.69, 9.17) is 0 Å². The molecule has 4 nitrogen and oxygen atoms in total. The number of ketones is 1. The summed E-state index contributed by atoms with van der Waals surface area (Å²) in [6.45, 7) is 5.11. The second kappa shape index (κ2) is 7.39. The van der Waals surface area contributed by atoms with Gasteiger partial charge < -0.3 is 5.11 Å². The van der Waals surface area contributed by atoms with Gasteiger partial charge in [0.05, 0.1) is 17.2 Å². The van der Waals surface area contributed by atoms with Crippen molar-refractivity contribution in [2.24, 2.45) is 5.92 Å². The number of alkyl halides is 3. The van der Waals surface area contributed by atoms with Crippen LogP contribution in [0.4, 0.5) is 18.9 Å². The summed E-state index contributed by atoms with van der Waals surface area (Å²) in [5, 5.41) is 10.5. The van der Waals surface area contributed by atoms with Crippen molar-refractivity contribution in [2.45, 2.75) is 33.0 Å². The van der Waals surface area contributed by atoms with Crippen LogP contribution in [0.25, 0.3) is 0 Å². The van der Waals surface area contributed by atoms with Gasteiger partial charge in [-0.15, -0.1) is 0 Å². The molecule has 0 fully saturated rings. The first-order chi connectivity index (χ1) is 13.5. The number of Topliss-reactive ketones (excluding diaryl/α,β-unsaturated/α-hetero) is 1. The van der Waals surface area contributed by atoms with E-state index in [2.05, 4.69) is 0 Å². The fraction of sp³-hybridized carbons (Fsp3) is 0.273. The molecule has 1 N–H and O–H groups in total. The largest absolute Gasteiger partial charge is 0.503 e. The number of hydrogen-bond acceptors (Lipinski definition) is 3. The third-order valence-corrected chi connectivity index (χ3v) is 4.95. The minimum absolute atomic E-state index is 0.0424. The molecule has 0 saturated carbocycles. The summed E-state index contributed by atoms with van der Waals surface area (Å²) >= 11 is 0. The van der Waals surface area contributed by atoms with Crippen molar-refractivity contribution in [1.82, 2.24) is 0 Å². The molecule has 1 heterocycles. The van der Waals surface area contributed by atoms with Crippen molar-refractivity contribution < 1.29 is 27.9 Å². The first-order valence-corrected chi connectivity index (χ1v) is 9.07. The molecule has 1 amide bonds. The monoisotopic (exact) mass is 403 g/mol. The number of nitrogens with zero attached hydrogens (tertiary/aromatic N) is 1. The van der Waals surface area contributed by atoms with Gasteiger partial charge in [0.15, 0.2) is 11.5 Å². The number of carbonyl (C=O) groups is 2. The van der Waals surface area contributed by atoms with Crippen molar-refractivity contribution in [3.8, 4) is 0 Å². The Morgan fingerprint density at radius 1 is 1.07 bits per heavy atom. The quantitative estimate of drug-likeness (QED) is 0.769. The normalized spacial score (nSPS) is 17.4. The smallest absolute Gasteiger partial charge is 0.416 e. The highest BCUT2D eigenvalue weighted by atomic mass is 19.4. The maximum atomic E-state index is 12.9. The van der Waals surface area contributed by atoms with Gasteiger partial charge >= 0.3 is 6.18 Å². The Labute approximate surface area is 166 Å². The lowest BCUT2D eigenvalue weighted by Gasteiger charge is -2.28. The number of hydrogen-bond donors (Lipinski definition) is 1. The number of anilines is 1. The third kappa shape index (κ3) is 3.64. The molecule has 0 spiro atoms. The maximum Gasteiger partial charge on any atom is 0.416 e. The zero-order valence-electron chi connectivity index (χ0n) is 16.1. The van der Waals surface area contributed by atoms with Gasteiger partial charge in [-0.25, -0.2) is 0 Å². The van der Waals surface area contributed by atoms with Crippen molar-refractivity contribution in [3.05, 3.63) is 76.6 Å². The zero-order chi connectivity index (χ0) is 21.5. The molecule has 0 aromatic heterocycles. The lowest BCUT2D eigenvalue weighted by atomic mass is 9.89. The van der Waals surface area contributed by atoms with E-state index in [0.717, 1.165) is 17.7 Å². The lowest BCUT2D eigenvalue weighted by Crippen LogP contribution is -2.32. The fourth-order valence-electron chi connectivity index (χ4n) is 3.43. The number of aliphatic hydroxyl groups is 1. The van der Waals surface area contributed by atoms with Gasteiger partial charge in [-0.3, -0.25) is 14.5 Å². The van der Waals surface area contributed by atoms with Crippen molar-refractivity contribution in [2.75, 3.05) is 4.90 Å². The van der Waals surface area contributed by atoms with Crippen LogP contribution < -0.4 is 4.90 Å². The van der Waals surface area contributed by atoms with E-state index in [9.17, 15) is 27.9 Å². The standard InChI is InChI=1S/C22H20F3NO3/c1-12(2)19(27)17-18(16-7-5-4-6-13(16)3)26(21(29)20(17)28)15-10-8-14(9-11-15)22(23,24)25/h4-12,18,28H,1-3H3. The van der Waals surface area contributed by atoms with Gasteiger partial charge in [-0.1, -0.05) is 38.1 Å². The number of carbonyl (C=O) groups excluding carboxylic acids is 2. The molecule has 1 aliphatic heterocycles. The van der Waals surface area contributed by atoms with Crippen LogP contribution in [0.2, 0.25) is 0 Å². The summed E-state index contributed by atoms with van der Waals surface area (Å²) in [5.74, 6) is -2.35. The molecule has 29 heavy (non-hydrogen) atoms. The molecule has 2 aromatic rings. The van der Waals surface area contributed by atoms with Crippen molar-refractivity contribution in [3.63, 3.8) is 0 Å². The predicted molar refractivity (Wildman–Crippen MR) is 102 cm³/mol. The Morgan fingerprint density at radius 3 is 2.17 bits per heavy atom. The lowest BCUT2D eigenvalue weighted by molar-refractivity contribution is -0.137. The van der Waals surface area contributed by atoms with Crippen LogP contribution in [0.15, 0.2) is 59.9 Å². The van der Waals surface area contributed by atoms with E-state index in [1.165, 1.54) is 17.0 Å². The molecule has 1 aliphatic rings. The molecule has 2 aromatic carbocycles. The second-order valence-corrected chi connectivity index (χ2v) is 7.26. The molecular weight excluding hydrogens is 383 g/mol. The Kier molecular flexibility index (Phi) is 5.26. The van der Waals surface area contributed by atoms with Crippen molar-refractivity contribution in [1.29, 1.82) is 0 Å². The maximum absolute atomic E-state index is 12.9. The molecule has 0 radical (unpaired) electrons. The highest BCUT2D eigenvalue weighted by Gasteiger charge is 2.45. The summed E-state index contributed by atoms with van der Waals surface area (Å²) in [7, 11) is 0. The number of aliphatic hydroxyl groups excluding tert-OH is 1. The Bertz CT molecular complexity index is 991.